The number of sulfonamides is 1. The predicted molar refractivity (Wildman–Crippen MR) is 230 cm³/mol. The summed E-state index contributed by atoms with van der Waals surface area (Å²) in [6.45, 7) is 9.38. The van der Waals surface area contributed by atoms with Gasteiger partial charge in [-0.3, -0.25) is 4.79 Å². The standard InChI is InChI=1S/C49H59NO5S2/c1-33-12-10-25-48(4)43(24-26-49(48,53)32-50(57(54,55)45-17-11-27-56-45)31-36-20-21-37-30-44(36)47(37,2)3)40-23-19-34(28-38(51)22-18-33)29-42(40)46(52)41-16-9-8-15-39(41)35-13-6-5-7-14-35/h5-9,11-17,19,23,27,29,36-38,43-44,51,53H,10,18,20-22,24-26,28,30-32H2,1-4H3/t36-,37-,38-,43-,44-,48-,49+/m0/s1. The molecule has 1 aromatic heterocycles. The summed E-state index contributed by atoms with van der Waals surface area (Å²) in [5.41, 5.74) is 4.10. The lowest BCUT2D eigenvalue weighted by Crippen LogP contribution is -2.58. The maximum absolute atomic E-state index is 15.1. The van der Waals surface area contributed by atoms with Crippen LogP contribution in [0, 0.1) is 28.6 Å². The first-order chi connectivity index (χ1) is 27.2. The molecule has 302 valence electrons. The van der Waals surface area contributed by atoms with Gasteiger partial charge in [-0.2, -0.15) is 4.31 Å². The fourth-order valence-corrected chi connectivity index (χ4v) is 14.1. The van der Waals surface area contributed by atoms with E-state index in [0.29, 0.717) is 72.2 Å². The van der Waals surface area contributed by atoms with Gasteiger partial charge in [-0.25, -0.2) is 8.42 Å². The molecule has 4 saturated carbocycles. The van der Waals surface area contributed by atoms with E-state index in [1.54, 1.807) is 16.4 Å². The molecule has 3 aromatic carbocycles. The molecule has 0 spiro atoms. The van der Waals surface area contributed by atoms with Gasteiger partial charge >= 0.3 is 0 Å². The highest BCUT2D eigenvalue weighted by Gasteiger charge is 2.59. The number of hydrogen-bond acceptors (Lipinski definition) is 6. The molecule has 7 atom stereocenters. The summed E-state index contributed by atoms with van der Waals surface area (Å²) in [4.78, 5) is 15.1. The molecule has 0 aliphatic heterocycles. The number of aliphatic hydroxyl groups excluding tert-OH is 1. The molecule has 4 aromatic rings. The quantitative estimate of drug-likeness (QED) is 0.130. The van der Waals surface area contributed by atoms with Crippen LogP contribution in [0.25, 0.3) is 11.1 Å². The van der Waals surface area contributed by atoms with E-state index in [9.17, 15) is 18.6 Å². The molecule has 0 amide bonds. The lowest BCUT2D eigenvalue weighted by atomic mass is 9.45. The smallest absolute Gasteiger partial charge is 0.252 e. The van der Waals surface area contributed by atoms with Crippen molar-refractivity contribution in [1.82, 2.24) is 4.31 Å². The van der Waals surface area contributed by atoms with Gasteiger partial charge in [0.1, 0.15) is 4.21 Å². The first-order valence-corrected chi connectivity index (χ1v) is 23.4. The number of hydrogen-bond donors (Lipinski definition) is 2. The molecule has 6 aliphatic carbocycles. The Balaban J connectivity index is 1.22. The van der Waals surface area contributed by atoms with Crippen molar-refractivity contribution in [3.05, 3.63) is 124 Å². The summed E-state index contributed by atoms with van der Waals surface area (Å²) >= 11 is 1.24. The predicted octanol–water partition coefficient (Wildman–Crippen LogP) is 10.4. The summed E-state index contributed by atoms with van der Waals surface area (Å²) < 4.78 is 31.3. The minimum absolute atomic E-state index is 0.0143. The molecule has 0 radical (unpaired) electrons. The summed E-state index contributed by atoms with van der Waals surface area (Å²) in [5, 5.41) is 26.3. The van der Waals surface area contributed by atoms with Gasteiger partial charge in [-0.15, -0.1) is 11.3 Å². The van der Waals surface area contributed by atoms with E-state index in [1.807, 2.05) is 66.0 Å². The number of allylic oxidation sites excluding steroid dienone is 2. The number of benzene rings is 3. The van der Waals surface area contributed by atoms with Crippen LogP contribution in [-0.2, 0) is 16.4 Å². The second kappa shape index (κ2) is 15.6. The van der Waals surface area contributed by atoms with Crippen LogP contribution in [0.15, 0.2) is 106 Å². The van der Waals surface area contributed by atoms with Gasteiger partial charge in [0.15, 0.2) is 5.78 Å². The van der Waals surface area contributed by atoms with E-state index < -0.39 is 27.1 Å². The van der Waals surface area contributed by atoms with Crippen LogP contribution < -0.4 is 0 Å². The molecular weight excluding hydrogens is 747 g/mol. The Bertz CT molecular complexity index is 2230. The van der Waals surface area contributed by atoms with Crippen LogP contribution in [-0.4, -0.2) is 53.5 Å². The monoisotopic (exact) mass is 805 g/mol. The molecule has 6 nitrogen and oxygen atoms in total. The largest absolute Gasteiger partial charge is 0.393 e. The first kappa shape index (κ1) is 40.4. The molecule has 10 rings (SSSR count). The van der Waals surface area contributed by atoms with Crippen LogP contribution in [0.3, 0.4) is 0 Å². The molecule has 57 heavy (non-hydrogen) atoms. The number of carbonyl (C=O) groups is 1. The number of rotatable bonds is 9. The molecule has 0 unspecified atom stereocenters. The number of thiophene rings is 1. The highest BCUT2D eigenvalue weighted by Crippen LogP contribution is 2.62. The number of fused-ring (bicyclic) bond motifs is 10. The van der Waals surface area contributed by atoms with Crippen molar-refractivity contribution in [2.24, 2.45) is 28.6 Å². The zero-order chi connectivity index (χ0) is 40.2. The molecular formula is C49H59NO5S2. The van der Waals surface area contributed by atoms with E-state index in [1.165, 1.54) is 16.9 Å². The minimum Gasteiger partial charge on any atom is -0.393 e. The Morgan fingerprint density at radius 1 is 0.895 bits per heavy atom. The molecule has 8 heteroatoms. The maximum atomic E-state index is 15.1. The van der Waals surface area contributed by atoms with Crippen LogP contribution >= 0.6 is 11.3 Å². The normalized spacial score (nSPS) is 29.9. The van der Waals surface area contributed by atoms with Gasteiger partial charge in [0.05, 0.1) is 11.7 Å². The van der Waals surface area contributed by atoms with Crippen molar-refractivity contribution in [2.75, 3.05) is 13.1 Å². The number of carbonyl (C=O) groups excluding carboxylic acids is 1. The van der Waals surface area contributed by atoms with Crippen molar-refractivity contribution in [1.29, 1.82) is 0 Å². The molecule has 0 saturated heterocycles. The van der Waals surface area contributed by atoms with Gasteiger partial charge in [-0.1, -0.05) is 105 Å². The molecule has 6 aliphatic rings. The Morgan fingerprint density at radius 3 is 2.40 bits per heavy atom. The van der Waals surface area contributed by atoms with Gasteiger partial charge in [0.25, 0.3) is 10.0 Å². The third-order valence-electron chi connectivity index (χ3n) is 15.1. The second-order valence-corrected chi connectivity index (χ2v) is 21.7. The van der Waals surface area contributed by atoms with E-state index >= 15 is 4.79 Å². The van der Waals surface area contributed by atoms with Gasteiger partial charge in [-0.05, 0) is 140 Å². The number of ketones is 1. The van der Waals surface area contributed by atoms with Crippen molar-refractivity contribution in [2.45, 2.75) is 114 Å². The van der Waals surface area contributed by atoms with Crippen LogP contribution in [0.2, 0.25) is 0 Å². The highest BCUT2D eigenvalue weighted by molar-refractivity contribution is 7.91. The van der Waals surface area contributed by atoms with Crippen molar-refractivity contribution < 1.29 is 23.4 Å². The summed E-state index contributed by atoms with van der Waals surface area (Å²) in [6.07, 6.45) is 9.15. The Hall–Kier alpha value is -3.40. The van der Waals surface area contributed by atoms with Crippen molar-refractivity contribution >= 4 is 27.1 Å². The summed E-state index contributed by atoms with van der Waals surface area (Å²) in [6, 6.07) is 27.3. The van der Waals surface area contributed by atoms with Crippen LogP contribution in [0.4, 0.5) is 0 Å². The minimum atomic E-state index is -3.89. The topological polar surface area (TPSA) is 94.9 Å². The number of nitrogens with zero attached hydrogens (tertiary/aromatic N) is 1. The van der Waals surface area contributed by atoms with Gasteiger partial charge in [0, 0.05) is 29.6 Å². The SMILES string of the molecule is CC1=CCC[C@@]2(C)[C@@H](CC[C@@]2(O)CN(C[C@@H]2CC[C@H]3C[C@@H]2C3(C)C)S(=O)(=O)c2cccs2)c2ccc(cc2C(=O)c2ccccc2-c2ccccc2)C[C@@H](O)CC1. The lowest BCUT2D eigenvalue weighted by Gasteiger charge is -2.60. The third-order valence-corrected chi connectivity index (χ3v) is 18.3. The van der Waals surface area contributed by atoms with E-state index in [0.717, 1.165) is 47.9 Å². The summed E-state index contributed by atoms with van der Waals surface area (Å²) in [5.74, 6) is 1.10. The zero-order valence-corrected chi connectivity index (χ0v) is 35.6. The average molecular weight is 806 g/mol. The number of aliphatic hydroxyl groups is 2. The molecule has 4 bridgehead atoms. The highest BCUT2D eigenvalue weighted by atomic mass is 32.2. The zero-order valence-electron chi connectivity index (χ0n) is 34.0. The van der Waals surface area contributed by atoms with Crippen LogP contribution in [0.1, 0.15) is 118 Å². The molecule has 2 N–H and O–H groups in total. The summed E-state index contributed by atoms with van der Waals surface area (Å²) in [7, 11) is -3.89. The Labute approximate surface area is 344 Å². The van der Waals surface area contributed by atoms with Crippen LogP contribution in [0.5, 0.6) is 0 Å². The molecule has 1 heterocycles. The second-order valence-electron chi connectivity index (χ2n) is 18.6. The molecule has 4 fully saturated rings. The van der Waals surface area contributed by atoms with Crippen molar-refractivity contribution in [3.8, 4) is 11.1 Å². The Kier molecular flexibility index (Phi) is 11.1. The first-order valence-electron chi connectivity index (χ1n) is 21.1. The van der Waals surface area contributed by atoms with E-state index in [-0.39, 0.29) is 29.6 Å². The average Bonchev–Trinajstić information content (AvgIpc) is 3.84. The van der Waals surface area contributed by atoms with Gasteiger partial charge < -0.3 is 10.2 Å². The van der Waals surface area contributed by atoms with E-state index in [4.69, 9.17) is 0 Å². The third kappa shape index (κ3) is 7.43. The van der Waals surface area contributed by atoms with Gasteiger partial charge in [0.2, 0.25) is 0 Å². The lowest BCUT2D eigenvalue weighted by molar-refractivity contribution is -0.114. The van der Waals surface area contributed by atoms with E-state index in [2.05, 4.69) is 45.9 Å². The maximum Gasteiger partial charge on any atom is 0.252 e. The van der Waals surface area contributed by atoms with Crippen molar-refractivity contribution in [3.63, 3.8) is 0 Å². The fourth-order valence-electron chi connectivity index (χ4n) is 11.4. The fraction of sp³-hybridized carbons (Fsp3) is 0.490. The Morgan fingerprint density at radius 2 is 1.67 bits per heavy atom.